The Morgan fingerprint density at radius 1 is 0.981 bits per heavy atom. The quantitative estimate of drug-likeness (QED) is 0.129. The first kappa shape index (κ1) is 40.2. The lowest BCUT2D eigenvalue weighted by Crippen LogP contribution is -2.36. The number of carboxylic acid groups (broad SMARTS) is 1. The first-order chi connectivity index (χ1) is 25.1. The lowest BCUT2D eigenvalue weighted by molar-refractivity contribution is -0.139. The van der Waals surface area contributed by atoms with Gasteiger partial charge in [-0.1, -0.05) is 125 Å². The smallest absolute Gasteiger partial charge is 0.341 e. The van der Waals surface area contributed by atoms with Crippen LogP contribution in [0.25, 0.3) is 11.1 Å². The molecule has 0 amide bonds. The Balaban J connectivity index is 1.49. The van der Waals surface area contributed by atoms with E-state index in [0.29, 0.717) is 10.6 Å². The fourth-order valence-electron chi connectivity index (χ4n) is 7.08. The summed E-state index contributed by atoms with van der Waals surface area (Å²) in [5.74, 6) is -0.986. The van der Waals surface area contributed by atoms with E-state index >= 15 is 0 Å². The minimum absolute atomic E-state index is 0.0639. The van der Waals surface area contributed by atoms with Gasteiger partial charge in [0.15, 0.2) is 6.61 Å². The molecule has 0 spiro atoms. The van der Waals surface area contributed by atoms with E-state index in [1.807, 2.05) is 6.92 Å². The third kappa shape index (κ3) is 9.78. The molecule has 0 bridgehead atoms. The number of halogens is 1. The number of benzene rings is 4. The van der Waals surface area contributed by atoms with E-state index in [9.17, 15) is 18.3 Å². The van der Waals surface area contributed by atoms with Crippen LogP contribution >= 0.6 is 11.6 Å². The number of nitrogens with zero attached hydrogens (tertiary/aromatic N) is 1. The van der Waals surface area contributed by atoms with Crippen molar-refractivity contribution in [2.24, 2.45) is 5.92 Å². The maximum atomic E-state index is 14.0. The molecule has 4 aromatic carbocycles. The molecule has 5 rings (SSSR count). The summed E-state index contributed by atoms with van der Waals surface area (Å²) < 4.78 is 42.1. The van der Waals surface area contributed by atoms with Crippen molar-refractivity contribution in [3.63, 3.8) is 0 Å². The number of hydrogen-bond acceptors (Lipinski definition) is 5. The van der Waals surface area contributed by atoms with Crippen molar-refractivity contribution in [2.75, 3.05) is 13.7 Å². The summed E-state index contributed by atoms with van der Waals surface area (Å²) in [4.78, 5) is 11.7. The number of unbranched alkanes of at least 4 members (excludes halogenated alkanes) is 1. The standard InChI is InChI=1S/C44H52ClNO6S/c1-8-9-10-41-38(33-15-13-31(14-16-33)32-17-19-34(20-18-32)44(4,5)6)26-37(29(2)3)43(52-41)39-25-36(23-24-40(39)51-28-42(47)48)53(49,50)46(7)27-30-11-21-35(45)22-12-30/h11-25,37-38,41,43H,2,8-10,26-28H2,1,3-7H3,(H,47,48)/t37-,38-,41+,43+/m0/s1. The molecule has 1 aliphatic heterocycles. The Hall–Kier alpha value is -3.95. The van der Waals surface area contributed by atoms with Crippen LogP contribution in [0, 0.1) is 5.92 Å². The second-order valence-electron chi connectivity index (χ2n) is 15.3. The van der Waals surface area contributed by atoms with Gasteiger partial charge in [-0.05, 0) is 83.3 Å². The van der Waals surface area contributed by atoms with Crippen molar-refractivity contribution in [3.8, 4) is 16.9 Å². The average Bonchev–Trinajstić information content (AvgIpc) is 3.13. The molecule has 4 atom stereocenters. The number of sulfonamides is 1. The molecule has 1 fully saturated rings. The van der Waals surface area contributed by atoms with Gasteiger partial charge in [0, 0.05) is 36.0 Å². The van der Waals surface area contributed by atoms with E-state index in [4.69, 9.17) is 21.1 Å². The second-order valence-corrected chi connectivity index (χ2v) is 17.7. The van der Waals surface area contributed by atoms with E-state index in [1.54, 1.807) is 36.4 Å². The molecule has 4 aromatic rings. The van der Waals surface area contributed by atoms with Crippen molar-refractivity contribution < 1.29 is 27.8 Å². The summed E-state index contributed by atoms with van der Waals surface area (Å²) in [6.45, 7) is 14.7. The van der Waals surface area contributed by atoms with Crippen LogP contribution in [0.15, 0.2) is 108 Å². The van der Waals surface area contributed by atoms with Crippen molar-refractivity contribution in [3.05, 3.63) is 130 Å². The summed E-state index contributed by atoms with van der Waals surface area (Å²) in [7, 11) is -2.43. The molecule has 0 aromatic heterocycles. The first-order valence-corrected chi connectivity index (χ1v) is 20.1. The third-order valence-electron chi connectivity index (χ3n) is 10.2. The van der Waals surface area contributed by atoms with E-state index in [-0.39, 0.29) is 40.5 Å². The van der Waals surface area contributed by atoms with Crippen molar-refractivity contribution in [2.45, 2.75) is 95.3 Å². The maximum Gasteiger partial charge on any atom is 0.341 e. The molecule has 0 aliphatic carbocycles. The Morgan fingerprint density at radius 3 is 2.17 bits per heavy atom. The summed E-state index contributed by atoms with van der Waals surface area (Å²) in [5.41, 5.74) is 7.03. The lowest BCUT2D eigenvalue weighted by Gasteiger charge is -2.43. The number of carbonyl (C=O) groups is 1. The molecular weight excluding hydrogens is 706 g/mol. The highest BCUT2D eigenvalue weighted by atomic mass is 35.5. The van der Waals surface area contributed by atoms with E-state index in [2.05, 4.69) is 82.8 Å². The van der Waals surface area contributed by atoms with Crippen molar-refractivity contribution >= 4 is 27.6 Å². The fraction of sp³-hybridized carbons (Fsp3) is 0.386. The highest BCUT2D eigenvalue weighted by molar-refractivity contribution is 7.89. The fourth-order valence-corrected chi connectivity index (χ4v) is 8.40. The van der Waals surface area contributed by atoms with Gasteiger partial charge in [0.2, 0.25) is 10.0 Å². The first-order valence-electron chi connectivity index (χ1n) is 18.3. The Labute approximate surface area is 320 Å². The summed E-state index contributed by atoms with van der Waals surface area (Å²) in [5, 5.41) is 10.1. The molecule has 282 valence electrons. The third-order valence-corrected chi connectivity index (χ3v) is 12.3. The highest BCUT2D eigenvalue weighted by Crippen LogP contribution is 2.50. The summed E-state index contributed by atoms with van der Waals surface area (Å²) >= 11 is 6.05. The van der Waals surface area contributed by atoms with Crippen LogP contribution in [-0.2, 0) is 31.5 Å². The zero-order valence-corrected chi connectivity index (χ0v) is 33.2. The molecule has 0 unspecified atom stereocenters. The Kier molecular flexibility index (Phi) is 12.9. The normalized spacial score (nSPS) is 19.2. The summed E-state index contributed by atoms with van der Waals surface area (Å²) in [6.07, 6.45) is 2.70. The van der Waals surface area contributed by atoms with Gasteiger partial charge < -0.3 is 14.6 Å². The molecule has 0 saturated carbocycles. The van der Waals surface area contributed by atoms with Crippen LogP contribution < -0.4 is 4.74 Å². The van der Waals surface area contributed by atoms with Crippen LogP contribution in [0.5, 0.6) is 5.75 Å². The highest BCUT2D eigenvalue weighted by Gasteiger charge is 2.41. The minimum Gasteiger partial charge on any atom is -0.482 e. The van der Waals surface area contributed by atoms with Gasteiger partial charge in [-0.15, -0.1) is 0 Å². The number of rotatable bonds is 14. The predicted molar refractivity (Wildman–Crippen MR) is 213 cm³/mol. The molecule has 9 heteroatoms. The van der Waals surface area contributed by atoms with Gasteiger partial charge in [0.05, 0.1) is 17.1 Å². The minimum atomic E-state index is -3.96. The largest absolute Gasteiger partial charge is 0.482 e. The molecular formula is C44H52ClNO6S. The maximum absolute atomic E-state index is 14.0. The predicted octanol–water partition coefficient (Wildman–Crippen LogP) is 10.6. The number of aliphatic carboxylic acids is 1. The number of hydrogen-bond donors (Lipinski definition) is 1. The Bertz CT molecular complexity index is 1990. The van der Waals surface area contributed by atoms with Crippen LogP contribution in [0.1, 0.15) is 94.6 Å². The molecule has 1 heterocycles. The van der Waals surface area contributed by atoms with E-state index < -0.39 is 28.7 Å². The molecule has 0 radical (unpaired) electrons. The van der Waals surface area contributed by atoms with Gasteiger partial charge in [0.25, 0.3) is 0 Å². The monoisotopic (exact) mass is 757 g/mol. The van der Waals surface area contributed by atoms with Gasteiger partial charge in [-0.3, -0.25) is 0 Å². The van der Waals surface area contributed by atoms with Crippen molar-refractivity contribution in [1.82, 2.24) is 4.31 Å². The lowest BCUT2D eigenvalue weighted by atomic mass is 9.74. The molecule has 1 aliphatic rings. The van der Waals surface area contributed by atoms with Gasteiger partial charge in [-0.2, -0.15) is 4.31 Å². The molecule has 1 N–H and O–H groups in total. The SMILES string of the molecule is C=C(C)[C@@H]1C[C@@H](c2ccc(-c3ccc(C(C)(C)C)cc3)cc2)[C@@H](CCCC)O[C@H]1c1cc(S(=O)(=O)N(C)Cc2ccc(Cl)cc2)ccc1OCC(=O)O. The van der Waals surface area contributed by atoms with Gasteiger partial charge in [-0.25, -0.2) is 13.2 Å². The summed E-state index contributed by atoms with van der Waals surface area (Å²) in [6, 6.07) is 29.1. The molecule has 7 nitrogen and oxygen atoms in total. The Morgan fingerprint density at radius 2 is 1.60 bits per heavy atom. The van der Waals surface area contributed by atoms with Gasteiger partial charge in [0.1, 0.15) is 5.75 Å². The average molecular weight is 758 g/mol. The van der Waals surface area contributed by atoms with Crippen LogP contribution in [0.2, 0.25) is 5.02 Å². The molecule has 53 heavy (non-hydrogen) atoms. The zero-order valence-electron chi connectivity index (χ0n) is 31.6. The topological polar surface area (TPSA) is 93.1 Å². The van der Waals surface area contributed by atoms with Crippen LogP contribution in [-0.4, -0.2) is 43.6 Å². The second kappa shape index (κ2) is 17.0. The van der Waals surface area contributed by atoms with Crippen molar-refractivity contribution in [1.29, 1.82) is 0 Å². The van der Waals surface area contributed by atoms with E-state index in [0.717, 1.165) is 47.9 Å². The van der Waals surface area contributed by atoms with Crippen LogP contribution in [0.4, 0.5) is 0 Å². The van der Waals surface area contributed by atoms with Gasteiger partial charge >= 0.3 is 5.97 Å². The zero-order chi connectivity index (χ0) is 38.5. The number of ether oxygens (including phenoxy) is 2. The van der Waals surface area contributed by atoms with Crippen LogP contribution in [0.3, 0.4) is 0 Å². The molecule has 1 saturated heterocycles. The number of carboxylic acids is 1. The van der Waals surface area contributed by atoms with E-state index in [1.165, 1.54) is 28.5 Å².